The number of rotatable bonds is 6. The Labute approximate surface area is 138 Å². The van der Waals surface area contributed by atoms with Gasteiger partial charge >= 0.3 is 0 Å². The maximum atomic E-state index is 12.2. The van der Waals surface area contributed by atoms with Crippen LogP contribution in [0.2, 0.25) is 0 Å². The zero-order chi connectivity index (χ0) is 16.1. The third kappa shape index (κ3) is 4.65. The lowest BCUT2D eigenvalue weighted by Crippen LogP contribution is -2.40. The Morgan fingerprint density at radius 2 is 2.14 bits per heavy atom. The van der Waals surface area contributed by atoms with Crippen molar-refractivity contribution in [3.63, 3.8) is 0 Å². The summed E-state index contributed by atoms with van der Waals surface area (Å²) in [6.45, 7) is 3.15. The molecular formula is C17H27N3OS. The van der Waals surface area contributed by atoms with Crippen molar-refractivity contribution in [3.8, 4) is 0 Å². The summed E-state index contributed by atoms with van der Waals surface area (Å²) in [6, 6.07) is 6.90. The van der Waals surface area contributed by atoms with Crippen LogP contribution in [0.15, 0.2) is 18.2 Å². The number of anilines is 1. The minimum absolute atomic E-state index is 0.102. The molecule has 5 heteroatoms. The molecule has 1 heterocycles. The highest BCUT2D eigenvalue weighted by Crippen LogP contribution is 2.21. The minimum Gasteiger partial charge on any atom is -0.377 e. The predicted octanol–water partition coefficient (Wildman–Crippen LogP) is 2.11. The smallest absolute Gasteiger partial charge is 0.234 e. The van der Waals surface area contributed by atoms with Gasteiger partial charge < -0.3 is 10.2 Å². The van der Waals surface area contributed by atoms with Crippen molar-refractivity contribution < 1.29 is 4.79 Å². The lowest BCUT2D eigenvalue weighted by molar-refractivity contribution is -0.122. The van der Waals surface area contributed by atoms with Gasteiger partial charge in [-0.25, -0.2) is 0 Å². The lowest BCUT2D eigenvalue weighted by Gasteiger charge is -2.23. The number of hydrogen-bond donors (Lipinski definition) is 1. The van der Waals surface area contributed by atoms with Crippen molar-refractivity contribution >= 4 is 23.4 Å². The number of aryl methyl sites for hydroxylation is 1. The molecule has 2 rings (SSSR count). The fourth-order valence-corrected chi connectivity index (χ4v) is 4.01. The van der Waals surface area contributed by atoms with E-state index in [0.29, 0.717) is 19.1 Å². The molecule has 22 heavy (non-hydrogen) atoms. The average molecular weight is 321 g/mol. The van der Waals surface area contributed by atoms with Crippen molar-refractivity contribution in [1.82, 2.24) is 10.2 Å². The Morgan fingerprint density at radius 1 is 1.36 bits per heavy atom. The van der Waals surface area contributed by atoms with Crippen LogP contribution < -0.4 is 10.2 Å². The molecule has 0 spiro atoms. The minimum atomic E-state index is 0.102. The Balaban J connectivity index is 1.88. The van der Waals surface area contributed by atoms with E-state index in [4.69, 9.17) is 0 Å². The maximum Gasteiger partial charge on any atom is 0.234 e. The largest absolute Gasteiger partial charge is 0.377 e. The second kappa shape index (κ2) is 7.88. The average Bonchev–Trinajstić information content (AvgIpc) is 3.00. The Hall–Kier alpha value is -1.20. The summed E-state index contributed by atoms with van der Waals surface area (Å²) >= 11 is 1.98. The quantitative estimate of drug-likeness (QED) is 0.870. The maximum absolute atomic E-state index is 12.2. The highest BCUT2D eigenvalue weighted by Gasteiger charge is 2.21. The van der Waals surface area contributed by atoms with Gasteiger partial charge in [-0.3, -0.25) is 9.69 Å². The molecule has 4 nitrogen and oxygen atoms in total. The van der Waals surface area contributed by atoms with Crippen molar-refractivity contribution in [2.75, 3.05) is 44.1 Å². The number of hydrogen-bond acceptors (Lipinski definition) is 4. The molecule has 1 N–H and O–H groups in total. The molecule has 1 atom stereocenters. The molecule has 0 aliphatic carbocycles. The molecule has 0 bridgehead atoms. The van der Waals surface area contributed by atoms with Gasteiger partial charge in [0.2, 0.25) is 5.91 Å². The number of likely N-dealkylation sites (N-methyl/N-ethyl adjacent to an activating group) is 1. The molecule has 122 valence electrons. The van der Waals surface area contributed by atoms with Crippen LogP contribution in [0, 0.1) is 6.92 Å². The third-order valence-electron chi connectivity index (χ3n) is 4.12. The van der Waals surface area contributed by atoms with E-state index in [0.717, 1.165) is 11.3 Å². The summed E-state index contributed by atoms with van der Waals surface area (Å²) in [7, 11) is 6.12. The van der Waals surface area contributed by atoms with Gasteiger partial charge in [-0.1, -0.05) is 12.1 Å². The first-order valence-electron chi connectivity index (χ1n) is 7.79. The van der Waals surface area contributed by atoms with Crippen molar-refractivity contribution in [1.29, 1.82) is 0 Å². The summed E-state index contributed by atoms with van der Waals surface area (Å²) in [5.74, 6) is 2.46. The van der Waals surface area contributed by atoms with Crippen molar-refractivity contribution in [2.45, 2.75) is 25.9 Å². The SMILES string of the molecule is Cc1ccc(CNC(=O)CN(C)C2CCSC2)c(N(C)C)c1. The van der Waals surface area contributed by atoms with Gasteiger partial charge in [-0.05, 0) is 43.3 Å². The van der Waals surface area contributed by atoms with Gasteiger partial charge in [0.05, 0.1) is 6.54 Å². The van der Waals surface area contributed by atoms with Crippen LogP contribution in [0.3, 0.4) is 0 Å². The Bertz CT molecular complexity index is 513. The van der Waals surface area contributed by atoms with Crippen LogP contribution in [-0.4, -0.2) is 56.0 Å². The van der Waals surface area contributed by atoms with Gasteiger partial charge in [-0.2, -0.15) is 11.8 Å². The van der Waals surface area contributed by atoms with Gasteiger partial charge in [0.25, 0.3) is 0 Å². The van der Waals surface area contributed by atoms with Crippen LogP contribution in [0.4, 0.5) is 5.69 Å². The van der Waals surface area contributed by atoms with E-state index in [9.17, 15) is 4.79 Å². The first-order chi connectivity index (χ1) is 10.5. The summed E-state index contributed by atoms with van der Waals surface area (Å²) in [4.78, 5) is 16.4. The normalized spacial score (nSPS) is 17.8. The molecule has 1 aliphatic rings. The van der Waals surface area contributed by atoms with Gasteiger partial charge in [-0.15, -0.1) is 0 Å². The third-order valence-corrected chi connectivity index (χ3v) is 5.27. The molecule has 1 amide bonds. The first kappa shape index (κ1) is 17.2. The second-order valence-electron chi connectivity index (χ2n) is 6.24. The number of carbonyl (C=O) groups is 1. The number of benzene rings is 1. The fraction of sp³-hybridized carbons (Fsp3) is 0.588. The van der Waals surface area contributed by atoms with E-state index >= 15 is 0 Å². The lowest BCUT2D eigenvalue weighted by atomic mass is 10.1. The fourth-order valence-electron chi connectivity index (χ4n) is 2.71. The summed E-state index contributed by atoms with van der Waals surface area (Å²) < 4.78 is 0. The molecule has 0 radical (unpaired) electrons. The number of amides is 1. The van der Waals surface area contributed by atoms with Gasteiger partial charge in [0, 0.05) is 38.1 Å². The first-order valence-corrected chi connectivity index (χ1v) is 8.94. The Morgan fingerprint density at radius 3 is 2.77 bits per heavy atom. The van der Waals surface area contributed by atoms with Crippen LogP contribution in [0.25, 0.3) is 0 Å². The molecule has 1 aliphatic heterocycles. The molecule has 0 saturated carbocycles. The number of thioether (sulfide) groups is 1. The van der Waals surface area contributed by atoms with Crippen LogP contribution in [0.5, 0.6) is 0 Å². The monoisotopic (exact) mass is 321 g/mol. The van der Waals surface area contributed by atoms with Crippen LogP contribution in [0.1, 0.15) is 17.5 Å². The van der Waals surface area contributed by atoms with E-state index in [1.54, 1.807) is 0 Å². The Kier molecular flexibility index (Phi) is 6.15. The summed E-state index contributed by atoms with van der Waals surface area (Å²) in [5, 5.41) is 3.05. The van der Waals surface area contributed by atoms with E-state index in [-0.39, 0.29) is 5.91 Å². The highest BCUT2D eigenvalue weighted by molar-refractivity contribution is 7.99. The zero-order valence-electron chi connectivity index (χ0n) is 14.1. The van der Waals surface area contributed by atoms with E-state index < -0.39 is 0 Å². The van der Waals surface area contributed by atoms with Crippen molar-refractivity contribution in [3.05, 3.63) is 29.3 Å². The van der Waals surface area contributed by atoms with Crippen LogP contribution in [-0.2, 0) is 11.3 Å². The van der Waals surface area contributed by atoms with E-state index in [2.05, 4.69) is 40.2 Å². The molecule has 1 aromatic carbocycles. The molecule has 1 unspecified atom stereocenters. The molecule has 1 aromatic rings. The topological polar surface area (TPSA) is 35.6 Å². The zero-order valence-corrected chi connectivity index (χ0v) is 14.9. The van der Waals surface area contributed by atoms with Crippen LogP contribution >= 0.6 is 11.8 Å². The molecular weight excluding hydrogens is 294 g/mol. The summed E-state index contributed by atoms with van der Waals surface area (Å²) in [6.07, 6.45) is 1.19. The van der Waals surface area contributed by atoms with E-state index in [1.165, 1.54) is 23.4 Å². The van der Waals surface area contributed by atoms with E-state index in [1.807, 2.05) is 32.9 Å². The second-order valence-corrected chi connectivity index (χ2v) is 7.39. The molecule has 0 aromatic heterocycles. The van der Waals surface area contributed by atoms with Gasteiger partial charge in [0.1, 0.15) is 0 Å². The number of carbonyl (C=O) groups excluding carboxylic acids is 1. The number of nitrogens with one attached hydrogen (secondary N) is 1. The molecule has 1 fully saturated rings. The predicted molar refractivity (Wildman–Crippen MR) is 95.7 cm³/mol. The highest BCUT2D eigenvalue weighted by atomic mass is 32.2. The summed E-state index contributed by atoms with van der Waals surface area (Å²) in [5.41, 5.74) is 3.56. The number of nitrogens with zero attached hydrogens (tertiary/aromatic N) is 2. The molecule has 1 saturated heterocycles. The van der Waals surface area contributed by atoms with Crippen molar-refractivity contribution in [2.24, 2.45) is 0 Å². The van der Waals surface area contributed by atoms with Gasteiger partial charge in [0.15, 0.2) is 0 Å². The standard InChI is InChI=1S/C17H27N3OS/c1-13-5-6-14(16(9-13)19(2)3)10-18-17(21)11-20(4)15-7-8-22-12-15/h5-6,9,15H,7-8,10-12H2,1-4H3,(H,18,21).